The quantitative estimate of drug-likeness (QED) is 0.690. The third-order valence-electron chi connectivity index (χ3n) is 5.19. The van der Waals surface area contributed by atoms with Crippen LogP contribution >= 0.6 is 0 Å². The highest BCUT2D eigenvalue weighted by atomic mass is 16.5. The SMILES string of the molecule is CCOc1ccccc1Oc1ccc(CNC(=O)C2CCCCC2C(=O)O)cc1. The van der Waals surface area contributed by atoms with E-state index >= 15 is 0 Å². The van der Waals surface area contributed by atoms with Gasteiger partial charge in [-0.25, -0.2) is 0 Å². The number of carboxylic acids is 1. The summed E-state index contributed by atoms with van der Waals surface area (Å²) in [6.45, 7) is 2.84. The molecule has 1 fully saturated rings. The number of carboxylic acid groups (broad SMARTS) is 1. The fraction of sp³-hybridized carbons (Fsp3) is 0.391. The van der Waals surface area contributed by atoms with Gasteiger partial charge < -0.3 is 19.9 Å². The first-order valence-electron chi connectivity index (χ1n) is 10.1. The summed E-state index contributed by atoms with van der Waals surface area (Å²) in [4.78, 5) is 23.9. The second-order valence-corrected chi connectivity index (χ2v) is 7.18. The second kappa shape index (κ2) is 9.96. The van der Waals surface area contributed by atoms with E-state index < -0.39 is 17.8 Å². The number of benzene rings is 2. The van der Waals surface area contributed by atoms with E-state index in [2.05, 4.69) is 5.32 Å². The molecule has 1 saturated carbocycles. The van der Waals surface area contributed by atoms with Crippen LogP contribution in [0.3, 0.4) is 0 Å². The predicted octanol–water partition coefficient (Wildman–Crippen LogP) is 4.38. The van der Waals surface area contributed by atoms with Crippen molar-refractivity contribution in [2.75, 3.05) is 6.61 Å². The molecule has 3 rings (SSSR count). The Morgan fingerprint density at radius 1 is 1.00 bits per heavy atom. The van der Waals surface area contributed by atoms with Crippen molar-refractivity contribution in [3.8, 4) is 17.2 Å². The molecule has 1 amide bonds. The molecule has 1 aliphatic rings. The van der Waals surface area contributed by atoms with Gasteiger partial charge >= 0.3 is 5.97 Å². The molecule has 2 N–H and O–H groups in total. The van der Waals surface area contributed by atoms with Crippen LogP contribution in [0.5, 0.6) is 17.2 Å². The van der Waals surface area contributed by atoms with E-state index in [4.69, 9.17) is 9.47 Å². The van der Waals surface area contributed by atoms with Crippen LogP contribution in [-0.2, 0) is 16.1 Å². The standard InChI is InChI=1S/C23H27NO5/c1-2-28-20-9-5-6-10-21(20)29-17-13-11-16(12-14-17)15-24-22(25)18-7-3-4-8-19(18)23(26)27/h5-6,9-14,18-19H,2-4,7-8,15H2,1H3,(H,24,25)(H,26,27). The summed E-state index contributed by atoms with van der Waals surface area (Å²) in [7, 11) is 0. The van der Waals surface area contributed by atoms with Crippen molar-refractivity contribution in [1.29, 1.82) is 0 Å². The maximum absolute atomic E-state index is 12.5. The highest BCUT2D eigenvalue weighted by Crippen LogP contribution is 2.32. The Hall–Kier alpha value is -3.02. The van der Waals surface area contributed by atoms with E-state index in [0.29, 0.717) is 43.2 Å². The zero-order valence-corrected chi connectivity index (χ0v) is 16.6. The van der Waals surface area contributed by atoms with Crippen LogP contribution in [0.2, 0.25) is 0 Å². The van der Waals surface area contributed by atoms with Crippen LogP contribution in [0.1, 0.15) is 38.2 Å². The first-order chi connectivity index (χ1) is 14.1. The van der Waals surface area contributed by atoms with Gasteiger partial charge in [-0.2, -0.15) is 0 Å². The second-order valence-electron chi connectivity index (χ2n) is 7.18. The van der Waals surface area contributed by atoms with Crippen molar-refractivity contribution < 1.29 is 24.2 Å². The largest absolute Gasteiger partial charge is 0.490 e. The molecular weight excluding hydrogens is 370 g/mol. The number of nitrogens with one attached hydrogen (secondary N) is 1. The van der Waals surface area contributed by atoms with Crippen LogP contribution in [0.25, 0.3) is 0 Å². The Balaban J connectivity index is 1.57. The number of hydrogen-bond donors (Lipinski definition) is 2. The number of hydrogen-bond acceptors (Lipinski definition) is 4. The molecule has 154 valence electrons. The van der Waals surface area contributed by atoms with Crippen LogP contribution in [0.15, 0.2) is 48.5 Å². The molecule has 0 saturated heterocycles. The van der Waals surface area contributed by atoms with E-state index in [1.54, 1.807) is 0 Å². The topological polar surface area (TPSA) is 84.9 Å². The van der Waals surface area contributed by atoms with Gasteiger partial charge in [0, 0.05) is 6.54 Å². The smallest absolute Gasteiger partial charge is 0.307 e. The van der Waals surface area contributed by atoms with Crippen molar-refractivity contribution >= 4 is 11.9 Å². The molecule has 6 nitrogen and oxygen atoms in total. The number of aliphatic carboxylic acids is 1. The molecule has 6 heteroatoms. The van der Waals surface area contributed by atoms with Crippen molar-refractivity contribution in [1.82, 2.24) is 5.32 Å². The van der Waals surface area contributed by atoms with Crippen LogP contribution in [0.4, 0.5) is 0 Å². The van der Waals surface area contributed by atoms with Gasteiger partial charge in [0.15, 0.2) is 11.5 Å². The van der Waals surface area contributed by atoms with Gasteiger partial charge in [-0.05, 0) is 49.6 Å². The van der Waals surface area contributed by atoms with E-state index in [9.17, 15) is 14.7 Å². The Morgan fingerprint density at radius 3 is 2.31 bits per heavy atom. The molecule has 29 heavy (non-hydrogen) atoms. The maximum atomic E-state index is 12.5. The van der Waals surface area contributed by atoms with Crippen molar-refractivity contribution in [3.63, 3.8) is 0 Å². The van der Waals surface area contributed by atoms with Gasteiger partial charge in [0.25, 0.3) is 0 Å². The lowest BCUT2D eigenvalue weighted by Crippen LogP contribution is -2.39. The lowest BCUT2D eigenvalue weighted by atomic mass is 9.78. The first-order valence-corrected chi connectivity index (χ1v) is 10.1. The number of ether oxygens (including phenoxy) is 2. The fourth-order valence-corrected chi connectivity index (χ4v) is 3.67. The average molecular weight is 397 g/mol. The highest BCUT2D eigenvalue weighted by molar-refractivity contribution is 5.84. The third-order valence-corrected chi connectivity index (χ3v) is 5.19. The molecular formula is C23H27NO5. The van der Waals surface area contributed by atoms with Crippen molar-refractivity contribution in [2.24, 2.45) is 11.8 Å². The lowest BCUT2D eigenvalue weighted by molar-refractivity contribution is -0.148. The van der Waals surface area contributed by atoms with Crippen LogP contribution in [-0.4, -0.2) is 23.6 Å². The molecule has 2 unspecified atom stereocenters. The van der Waals surface area contributed by atoms with Crippen molar-refractivity contribution in [2.45, 2.75) is 39.2 Å². The summed E-state index contributed by atoms with van der Waals surface area (Å²) in [5.41, 5.74) is 0.923. The Bertz CT molecular complexity index is 833. The lowest BCUT2D eigenvalue weighted by Gasteiger charge is -2.27. The monoisotopic (exact) mass is 397 g/mol. The average Bonchev–Trinajstić information content (AvgIpc) is 2.74. The Labute approximate surface area is 170 Å². The van der Waals surface area contributed by atoms with Crippen LogP contribution in [0, 0.1) is 11.8 Å². The molecule has 2 atom stereocenters. The van der Waals surface area contributed by atoms with E-state index in [1.165, 1.54) is 0 Å². The zero-order valence-electron chi connectivity index (χ0n) is 16.6. The zero-order chi connectivity index (χ0) is 20.6. The molecule has 0 heterocycles. The van der Waals surface area contributed by atoms with E-state index in [1.807, 2.05) is 55.5 Å². The predicted molar refractivity (Wildman–Crippen MR) is 109 cm³/mol. The molecule has 2 aromatic carbocycles. The highest BCUT2D eigenvalue weighted by Gasteiger charge is 2.35. The van der Waals surface area contributed by atoms with E-state index in [-0.39, 0.29) is 5.91 Å². The summed E-state index contributed by atoms with van der Waals surface area (Å²) >= 11 is 0. The molecule has 1 aliphatic carbocycles. The Kier molecular flexibility index (Phi) is 7.11. The Morgan fingerprint density at radius 2 is 1.66 bits per heavy atom. The number of rotatable bonds is 8. The van der Waals surface area contributed by atoms with E-state index in [0.717, 1.165) is 18.4 Å². The molecule has 0 spiro atoms. The third kappa shape index (κ3) is 5.50. The number of amides is 1. The molecule has 2 aromatic rings. The molecule has 0 aliphatic heterocycles. The molecule has 0 bridgehead atoms. The minimum Gasteiger partial charge on any atom is -0.490 e. The number of carbonyl (C=O) groups excluding carboxylic acids is 1. The van der Waals surface area contributed by atoms with Gasteiger partial charge in [0.05, 0.1) is 18.4 Å². The summed E-state index contributed by atoms with van der Waals surface area (Å²) in [6, 6.07) is 14.9. The summed E-state index contributed by atoms with van der Waals surface area (Å²) in [5, 5.41) is 12.2. The van der Waals surface area contributed by atoms with Crippen molar-refractivity contribution in [3.05, 3.63) is 54.1 Å². The van der Waals surface area contributed by atoms with Gasteiger partial charge in [-0.3, -0.25) is 9.59 Å². The minimum absolute atomic E-state index is 0.178. The molecule has 0 radical (unpaired) electrons. The van der Waals surface area contributed by atoms with Gasteiger partial charge in [0.2, 0.25) is 5.91 Å². The van der Waals surface area contributed by atoms with Crippen LogP contribution < -0.4 is 14.8 Å². The maximum Gasteiger partial charge on any atom is 0.307 e. The summed E-state index contributed by atoms with van der Waals surface area (Å²) in [6.07, 6.45) is 2.98. The first kappa shape index (κ1) is 20.7. The summed E-state index contributed by atoms with van der Waals surface area (Å²) < 4.78 is 11.5. The summed E-state index contributed by atoms with van der Waals surface area (Å²) in [5.74, 6) is -0.0738. The van der Waals surface area contributed by atoms with Gasteiger partial charge in [-0.15, -0.1) is 0 Å². The normalized spacial score (nSPS) is 18.7. The minimum atomic E-state index is -0.876. The fourth-order valence-electron chi connectivity index (χ4n) is 3.67. The number of carbonyl (C=O) groups is 2. The molecule has 0 aromatic heterocycles. The van der Waals surface area contributed by atoms with Gasteiger partial charge in [-0.1, -0.05) is 37.1 Å². The number of para-hydroxylation sites is 2. The van der Waals surface area contributed by atoms with Gasteiger partial charge in [0.1, 0.15) is 5.75 Å².